The molecule has 1 atom stereocenters. The number of rotatable bonds is 8. The van der Waals surface area contributed by atoms with E-state index in [-0.39, 0.29) is 5.91 Å². The number of fused-ring (bicyclic) bond motifs is 1. The minimum Gasteiger partial charge on any atom is -0.336 e. The third-order valence-electron chi connectivity index (χ3n) is 5.11. The summed E-state index contributed by atoms with van der Waals surface area (Å²) in [6.07, 6.45) is 8.22. The summed E-state index contributed by atoms with van der Waals surface area (Å²) in [6.45, 7) is 7.25. The Morgan fingerprint density at radius 2 is 2.27 bits per heavy atom. The summed E-state index contributed by atoms with van der Waals surface area (Å²) in [4.78, 5) is 15.1. The average Bonchev–Trinajstić information content (AvgIpc) is 3.03. The molecule has 3 rings (SSSR count). The van der Waals surface area contributed by atoms with Crippen LogP contribution in [-0.2, 0) is 19.4 Å². The number of carbonyl (C=O) groups excluding carboxylic acids is 1. The maximum absolute atomic E-state index is 13.1. The van der Waals surface area contributed by atoms with Crippen molar-refractivity contribution in [3.63, 3.8) is 0 Å². The van der Waals surface area contributed by atoms with Gasteiger partial charge < -0.3 is 10.2 Å². The monoisotopic (exact) mass is 394 g/mol. The number of aromatic nitrogens is 2. The lowest BCUT2D eigenvalue weighted by atomic mass is 9.91. The Labute approximate surface area is 165 Å². The molecule has 26 heavy (non-hydrogen) atoms. The first-order valence-corrected chi connectivity index (χ1v) is 12.1. The van der Waals surface area contributed by atoms with Crippen LogP contribution in [0.25, 0.3) is 0 Å². The standard InChI is InChI=1S/C19H30N4OS2/c1-3-8-23-17-6-5-15(20-7-4-11-25-2)14-16(17)18(21-23)19(24)22-9-12-26-13-10-22/h3,15,20H,1,4-14H2,2H3. The molecule has 7 heteroatoms. The molecule has 1 aliphatic carbocycles. The fourth-order valence-corrected chi connectivity index (χ4v) is 5.08. The van der Waals surface area contributed by atoms with E-state index >= 15 is 0 Å². The van der Waals surface area contributed by atoms with Crippen LogP contribution < -0.4 is 5.32 Å². The molecular formula is C19H30N4OS2. The summed E-state index contributed by atoms with van der Waals surface area (Å²) in [5.41, 5.74) is 3.09. The van der Waals surface area contributed by atoms with E-state index in [9.17, 15) is 4.79 Å². The highest BCUT2D eigenvalue weighted by molar-refractivity contribution is 7.99. The first-order chi connectivity index (χ1) is 12.7. The van der Waals surface area contributed by atoms with Gasteiger partial charge in [0.05, 0.1) is 6.54 Å². The Balaban J connectivity index is 1.75. The lowest BCUT2D eigenvalue weighted by molar-refractivity contribution is 0.0764. The predicted octanol–water partition coefficient (Wildman–Crippen LogP) is 2.46. The van der Waals surface area contributed by atoms with E-state index < -0.39 is 0 Å². The predicted molar refractivity (Wildman–Crippen MR) is 112 cm³/mol. The van der Waals surface area contributed by atoms with Crippen LogP contribution in [0.2, 0.25) is 0 Å². The van der Waals surface area contributed by atoms with Crippen molar-refractivity contribution in [2.45, 2.75) is 38.3 Å². The number of hydrogen-bond acceptors (Lipinski definition) is 5. The van der Waals surface area contributed by atoms with Gasteiger partial charge in [-0.05, 0) is 44.2 Å². The van der Waals surface area contributed by atoms with Crippen molar-refractivity contribution in [2.24, 2.45) is 0 Å². The van der Waals surface area contributed by atoms with Gasteiger partial charge in [-0.1, -0.05) is 6.08 Å². The SMILES string of the molecule is C=CCn1nc(C(=O)N2CCSCC2)c2c1CCC(NCCCSC)C2. The highest BCUT2D eigenvalue weighted by Crippen LogP contribution is 2.26. The summed E-state index contributed by atoms with van der Waals surface area (Å²) in [5.74, 6) is 3.37. The van der Waals surface area contributed by atoms with Crippen molar-refractivity contribution in [1.82, 2.24) is 20.0 Å². The fourth-order valence-electron chi connectivity index (χ4n) is 3.75. The van der Waals surface area contributed by atoms with Gasteiger partial charge in [-0.15, -0.1) is 6.58 Å². The lowest BCUT2D eigenvalue weighted by Gasteiger charge is -2.27. The molecule has 0 bridgehead atoms. The molecule has 1 unspecified atom stereocenters. The fraction of sp³-hybridized carbons (Fsp3) is 0.684. The molecule has 1 amide bonds. The van der Waals surface area contributed by atoms with Crippen LogP contribution in [0.1, 0.15) is 34.6 Å². The summed E-state index contributed by atoms with van der Waals surface area (Å²) >= 11 is 3.82. The first-order valence-electron chi connectivity index (χ1n) is 9.53. The molecular weight excluding hydrogens is 364 g/mol. The van der Waals surface area contributed by atoms with E-state index in [0.29, 0.717) is 18.3 Å². The molecule has 0 saturated carbocycles. The van der Waals surface area contributed by atoms with Crippen molar-refractivity contribution in [3.05, 3.63) is 29.6 Å². The summed E-state index contributed by atoms with van der Waals surface area (Å²) < 4.78 is 2.00. The Kier molecular flexibility index (Phi) is 7.52. The zero-order valence-corrected chi connectivity index (χ0v) is 17.3. The minimum atomic E-state index is 0.118. The van der Waals surface area contributed by atoms with Crippen molar-refractivity contribution in [1.29, 1.82) is 0 Å². The Hall–Kier alpha value is -0.920. The largest absolute Gasteiger partial charge is 0.336 e. The molecule has 1 saturated heterocycles. The normalized spacial score (nSPS) is 20.0. The smallest absolute Gasteiger partial charge is 0.274 e. The van der Waals surface area contributed by atoms with Gasteiger partial charge in [0.2, 0.25) is 0 Å². The van der Waals surface area contributed by atoms with Crippen LogP contribution in [-0.4, -0.2) is 69.8 Å². The van der Waals surface area contributed by atoms with E-state index in [2.05, 4.69) is 18.2 Å². The second-order valence-corrected chi connectivity index (χ2v) is 9.10. The van der Waals surface area contributed by atoms with Crippen molar-refractivity contribution in [3.8, 4) is 0 Å². The van der Waals surface area contributed by atoms with E-state index in [1.165, 1.54) is 23.4 Å². The number of nitrogens with one attached hydrogen (secondary N) is 1. The van der Waals surface area contributed by atoms with Crippen LogP contribution in [0.3, 0.4) is 0 Å². The molecule has 1 aromatic heterocycles. The number of hydrogen-bond donors (Lipinski definition) is 1. The number of allylic oxidation sites excluding steroid dienone is 1. The molecule has 2 heterocycles. The summed E-state index contributed by atoms with van der Waals surface area (Å²) in [6, 6.07) is 0.453. The molecule has 144 valence electrons. The van der Waals surface area contributed by atoms with Gasteiger partial charge >= 0.3 is 0 Å². The second-order valence-electron chi connectivity index (χ2n) is 6.89. The van der Waals surface area contributed by atoms with Gasteiger partial charge in [0, 0.05) is 41.9 Å². The number of amides is 1. The lowest BCUT2D eigenvalue weighted by Crippen LogP contribution is -2.39. The molecule has 0 aromatic carbocycles. The Morgan fingerprint density at radius 3 is 3.00 bits per heavy atom. The van der Waals surface area contributed by atoms with Gasteiger partial charge in [0.25, 0.3) is 5.91 Å². The average molecular weight is 395 g/mol. The van der Waals surface area contributed by atoms with Crippen LogP contribution in [0.15, 0.2) is 12.7 Å². The molecule has 0 spiro atoms. The van der Waals surface area contributed by atoms with Gasteiger partial charge in [-0.25, -0.2) is 0 Å². The number of thioether (sulfide) groups is 2. The van der Waals surface area contributed by atoms with Gasteiger partial charge in [0.15, 0.2) is 5.69 Å². The van der Waals surface area contributed by atoms with Crippen molar-refractivity contribution < 1.29 is 4.79 Å². The molecule has 0 radical (unpaired) electrons. The number of nitrogens with zero attached hydrogens (tertiary/aromatic N) is 3. The molecule has 5 nitrogen and oxygen atoms in total. The third-order valence-corrected chi connectivity index (χ3v) is 6.75. The van der Waals surface area contributed by atoms with Crippen molar-refractivity contribution in [2.75, 3.05) is 43.1 Å². The minimum absolute atomic E-state index is 0.118. The Bertz CT molecular complexity index is 625. The molecule has 1 N–H and O–H groups in total. The Morgan fingerprint density at radius 1 is 1.46 bits per heavy atom. The third kappa shape index (κ3) is 4.67. The van der Waals surface area contributed by atoms with Crippen LogP contribution in [0.4, 0.5) is 0 Å². The quantitative estimate of drug-likeness (QED) is 0.542. The van der Waals surface area contributed by atoms with Gasteiger partial charge in [-0.2, -0.15) is 28.6 Å². The van der Waals surface area contributed by atoms with Gasteiger partial charge in [-0.3, -0.25) is 9.48 Å². The first kappa shape index (κ1) is 19.8. The van der Waals surface area contributed by atoms with Crippen LogP contribution in [0.5, 0.6) is 0 Å². The molecule has 1 fully saturated rings. The second kappa shape index (κ2) is 9.85. The van der Waals surface area contributed by atoms with E-state index in [0.717, 1.165) is 50.4 Å². The van der Waals surface area contributed by atoms with E-state index in [1.807, 2.05) is 39.2 Å². The van der Waals surface area contributed by atoms with Crippen LogP contribution in [0, 0.1) is 0 Å². The molecule has 1 aliphatic heterocycles. The van der Waals surface area contributed by atoms with Crippen molar-refractivity contribution >= 4 is 29.4 Å². The van der Waals surface area contributed by atoms with Crippen LogP contribution >= 0.6 is 23.5 Å². The molecule has 2 aliphatic rings. The maximum Gasteiger partial charge on any atom is 0.274 e. The summed E-state index contributed by atoms with van der Waals surface area (Å²) in [5, 5.41) is 8.40. The molecule has 1 aromatic rings. The highest BCUT2D eigenvalue weighted by Gasteiger charge is 2.31. The zero-order valence-electron chi connectivity index (χ0n) is 15.7. The van der Waals surface area contributed by atoms with E-state index in [4.69, 9.17) is 5.10 Å². The summed E-state index contributed by atoms with van der Waals surface area (Å²) in [7, 11) is 0. The topological polar surface area (TPSA) is 50.2 Å². The highest BCUT2D eigenvalue weighted by atomic mass is 32.2. The van der Waals surface area contributed by atoms with Gasteiger partial charge in [0.1, 0.15) is 0 Å². The maximum atomic E-state index is 13.1. The zero-order chi connectivity index (χ0) is 18.4. The number of carbonyl (C=O) groups is 1. The van der Waals surface area contributed by atoms with E-state index in [1.54, 1.807) is 0 Å².